The van der Waals surface area contributed by atoms with Gasteiger partial charge in [-0.2, -0.15) is 0 Å². The van der Waals surface area contributed by atoms with E-state index >= 15 is 4.39 Å². The number of halogens is 3. The highest BCUT2D eigenvalue weighted by molar-refractivity contribution is 6.02. The fraction of sp³-hybridized carbons (Fsp3) is 0.333. The molecule has 3 aromatic rings. The van der Waals surface area contributed by atoms with Gasteiger partial charge in [0.1, 0.15) is 17.5 Å². The molecular weight excluding hydrogens is 473 g/mol. The van der Waals surface area contributed by atoms with Gasteiger partial charge in [0.25, 0.3) is 0 Å². The van der Waals surface area contributed by atoms with Crippen molar-refractivity contribution < 1.29 is 13.2 Å². The lowest BCUT2D eigenvalue weighted by molar-refractivity contribution is 0.583. The molecule has 0 saturated carbocycles. The lowest BCUT2D eigenvalue weighted by atomic mass is 10.1. The molecule has 0 amide bonds. The van der Waals surface area contributed by atoms with Crippen molar-refractivity contribution in [1.82, 2.24) is 0 Å². The summed E-state index contributed by atoms with van der Waals surface area (Å²) in [6, 6.07) is 15.4. The van der Waals surface area contributed by atoms with E-state index in [1.165, 1.54) is 12.1 Å². The van der Waals surface area contributed by atoms with Crippen LogP contribution in [-0.4, -0.2) is 38.6 Å². The standard InChI is InChI=1S/C30H31F3N4/c1-36(28-12-10-20(16-24(28)31)26-8-4-14-34-26)18-22-6-3-7-23(30(22)33)19-37(2)29-13-11-21(17-25(29)32)27-9-5-15-35-27/h3,6-7,10-13,16-17H,4-5,8-9,14-15,18-19H2,1-2H3. The number of nitrogens with zero attached hydrogens (tertiary/aromatic N) is 4. The molecule has 5 rings (SSSR count). The molecule has 0 N–H and O–H groups in total. The number of benzene rings is 3. The van der Waals surface area contributed by atoms with Crippen molar-refractivity contribution in [2.45, 2.75) is 38.8 Å². The number of aliphatic imine (C=N–C) groups is 2. The highest BCUT2D eigenvalue weighted by atomic mass is 19.1. The first-order chi connectivity index (χ1) is 17.9. The van der Waals surface area contributed by atoms with Crippen LogP contribution in [0.5, 0.6) is 0 Å². The third-order valence-electron chi connectivity index (χ3n) is 7.11. The predicted molar refractivity (Wildman–Crippen MR) is 145 cm³/mol. The molecule has 2 heterocycles. The fourth-order valence-electron chi connectivity index (χ4n) is 5.10. The Hall–Kier alpha value is -3.61. The molecule has 0 spiro atoms. The summed E-state index contributed by atoms with van der Waals surface area (Å²) in [6.45, 7) is 1.98. The van der Waals surface area contributed by atoms with Crippen LogP contribution in [0.3, 0.4) is 0 Å². The third-order valence-corrected chi connectivity index (χ3v) is 7.11. The lowest BCUT2D eigenvalue weighted by Crippen LogP contribution is -2.21. The van der Waals surface area contributed by atoms with E-state index in [0.717, 1.165) is 61.3 Å². The largest absolute Gasteiger partial charge is 0.368 e. The average Bonchev–Trinajstić information content (AvgIpc) is 3.61. The average molecular weight is 505 g/mol. The van der Waals surface area contributed by atoms with Gasteiger partial charge in [-0.25, -0.2) is 13.2 Å². The van der Waals surface area contributed by atoms with Gasteiger partial charge in [-0.3, -0.25) is 9.98 Å². The van der Waals surface area contributed by atoms with Gasteiger partial charge in [-0.05, 0) is 61.1 Å². The maximum atomic E-state index is 15.5. The number of hydrogen-bond acceptors (Lipinski definition) is 4. The summed E-state index contributed by atoms with van der Waals surface area (Å²) in [5, 5.41) is 0. The molecular formula is C30H31F3N4. The Labute approximate surface area is 216 Å². The molecule has 37 heavy (non-hydrogen) atoms. The van der Waals surface area contributed by atoms with Gasteiger partial charge in [0, 0.05) is 62.8 Å². The minimum absolute atomic E-state index is 0.200. The van der Waals surface area contributed by atoms with Gasteiger partial charge in [-0.1, -0.05) is 30.3 Å². The molecule has 0 fully saturated rings. The van der Waals surface area contributed by atoms with E-state index in [4.69, 9.17) is 0 Å². The maximum absolute atomic E-state index is 15.5. The molecule has 7 heteroatoms. The van der Waals surface area contributed by atoms with E-state index in [1.54, 1.807) is 54.2 Å². The maximum Gasteiger partial charge on any atom is 0.147 e. The SMILES string of the molecule is CN(Cc1cccc(CN(C)c2ccc(C3=NCCC3)cc2F)c1F)c1ccc(C2=NCCC2)cc1F. The van der Waals surface area contributed by atoms with Gasteiger partial charge in [-0.15, -0.1) is 0 Å². The van der Waals surface area contributed by atoms with Gasteiger partial charge >= 0.3 is 0 Å². The summed E-state index contributed by atoms with van der Waals surface area (Å²) in [4.78, 5) is 12.3. The van der Waals surface area contributed by atoms with Crippen LogP contribution in [0.2, 0.25) is 0 Å². The van der Waals surface area contributed by atoms with Gasteiger partial charge in [0.15, 0.2) is 0 Å². The first-order valence-corrected chi connectivity index (χ1v) is 12.8. The second-order valence-corrected chi connectivity index (χ2v) is 9.80. The monoisotopic (exact) mass is 504 g/mol. The molecule has 4 nitrogen and oxygen atoms in total. The summed E-state index contributed by atoms with van der Waals surface area (Å²) in [6.07, 6.45) is 3.73. The summed E-state index contributed by atoms with van der Waals surface area (Å²) in [7, 11) is 3.49. The molecule has 0 saturated heterocycles. The van der Waals surface area contributed by atoms with Gasteiger partial charge < -0.3 is 9.80 Å². The van der Waals surface area contributed by atoms with E-state index in [1.807, 2.05) is 12.1 Å². The summed E-state index contributed by atoms with van der Waals surface area (Å²) in [5.74, 6) is -1.07. The zero-order chi connectivity index (χ0) is 25.9. The fourth-order valence-corrected chi connectivity index (χ4v) is 5.10. The van der Waals surface area contributed by atoms with Crippen molar-refractivity contribution in [3.63, 3.8) is 0 Å². The lowest BCUT2D eigenvalue weighted by Gasteiger charge is -2.23. The summed E-state index contributed by atoms with van der Waals surface area (Å²) >= 11 is 0. The Bertz CT molecular complexity index is 1270. The quantitative estimate of drug-likeness (QED) is 0.349. The van der Waals surface area contributed by atoms with E-state index in [0.29, 0.717) is 22.5 Å². The van der Waals surface area contributed by atoms with E-state index < -0.39 is 0 Å². The van der Waals surface area contributed by atoms with E-state index in [2.05, 4.69) is 9.98 Å². The Morgan fingerprint density at radius 2 is 1.14 bits per heavy atom. The van der Waals surface area contributed by atoms with Crippen LogP contribution in [0.1, 0.15) is 47.9 Å². The van der Waals surface area contributed by atoms with Crippen LogP contribution >= 0.6 is 0 Å². The highest BCUT2D eigenvalue weighted by Crippen LogP contribution is 2.27. The number of anilines is 2. The summed E-state index contributed by atoms with van der Waals surface area (Å²) < 4.78 is 45.3. The van der Waals surface area contributed by atoms with Crippen LogP contribution < -0.4 is 9.80 Å². The van der Waals surface area contributed by atoms with Crippen LogP contribution in [0.4, 0.5) is 24.5 Å². The predicted octanol–water partition coefficient (Wildman–Crippen LogP) is 6.54. The number of hydrogen-bond donors (Lipinski definition) is 0. The topological polar surface area (TPSA) is 31.2 Å². The zero-order valence-electron chi connectivity index (χ0n) is 21.3. The normalized spacial score (nSPS) is 15.1. The van der Waals surface area contributed by atoms with Crippen LogP contribution in [-0.2, 0) is 13.1 Å². The van der Waals surface area contributed by atoms with Crippen LogP contribution in [0.15, 0.2) is 64.6 Å². The Morgan fingerprint density at radius 1 is 0.676 bits per heavy atom. The molecule has 0 radical (unpaired) electrons. The first kappa shape index (κ1) is 25.1. The molecule has 2 aliphatic heterocycles. The van der Waals surface area contributed by atoms with Crippen molar-refractivity contribution in [3.8, 4) is 0 Å². The zero-order valence-corrected chi connectivity index (χ0v) is 21.3. The minimum Gasteiger partial charge on any atom is -0.368 e. The molecule has 0 bridgehead atoms. The second kappa shape index (κ2) is 10.8. The molecule has 0 unspecified atom stereocenters. The summed E-state index contributed by atoms with van der Waals surface area (Å²) in [5.41, 5.74) is 5.19. The van der Waals surface area contributed by atoms with Crippen molar-refractivity contribution in [3.05, 3.63) is 94.3 Å². The molecule has 2 aliphatic rings. The molecule has 0 atom stereocenters. The minimum atomic E-state index is -0.365. The van der Waals surface area contributed by atoms with Crippen molar-refractivity contribution in [2.75, 3.05) is 37.0 Å². The van der Waals surface area contributed by atoms with Gasteiger partial charge in [0.05, 0.1) is 11.4 Å². The first-order valence-electron chi connectivity index (χ1n) is 12.8. The smallest absolute Gasteiger partial charge is 0.147 e. The Balaban J connectivity index is 1.29. The van der Waals surface area contributed by atoms with Crippen LogP contribution in [0, 0.1) is 17.5 Å². The van der Waals surface area contributed by atoms with Crippen molar-refractivity contribution in [2.24, 2.45) is 9.98 Å². The molecule has 3 aromatic carbocycles. The molecule has 0 aromatic heterocycles. The van der Waals surface area contributed by atoms with E-state index in [9.17, 15) is 8.78 Å². The van der Waals surface area contributed by atoms with E-state index in [-0.39, 0.29) is 30.5 Å². The molecule has 0 aliphatic carbocycles. The Kier molecular flexibility index (Phi) is 7.31. The van der Waals surface area contributed by atoms with Crippen molar-refractivity contribution in [1.29, 1.82) is 0 Å². The van der Waals surface area contributed by atoms with Gasteiger partial charge in [0.2, 0.25) is 0 Å². The van der Waals surface area contributed by atoms with Crippen LogP contribution in [0.25, 0.3) is 0 Å². The number of rotatable bonds is 8. The Morgan fingerprint density at radius 3 is 1.51 bits per heavy atom. The second-order valence-electron chi connectivity index (χ2n) is 9.80. The molecule has 192 valence electrons. The highest BCUT2D eigenvalue weighted by Gasteiger charge is 2.18. The van der Waals surface area contributed by atoms with Crippen molar-refractivity contribution >= 4 is 22.8 Å². The third kappa shape index (κ3) is 5.41.